The minimum absolute atomic E-state index is 0.0294. The molecule has 0 aromatic rings. The van der Waals surface area contributed by atoms with Gasteiger partial charge in [-0.2, -0.15) is 0 Å². The van der Waals surface area contributed by atoms with Crippen molar-refractivity contribution in [1.82, 2.24) is 10.2 Å². The number of likely N-dealkylation sites (tertiary alicyclic amines) is 1. The second-order valence-electron chi connectivity index (χ2n) is 4.55. The van der Waals surface area contributed by atoms with Crippen LogP contribution in [-0.2, 0) is 9.59 Å². The number of piperidine rings is 1. The number of hydrogen-bond acceptors (Lipinski definition) is 2. The number of carbonyl (C=O) groups excluding carboxylic acids is 2. The molecule has 2 rings (SSSR count). The van der Waals surface area contributed by atoms with Crippen molar-refractivity contribution < 1.29 is 9.59 Å². The molecule has 88 valence electrons. The average molecular weight is 222 g/mol. The van der Waals surface area contributed by atoms with E-state index in [1.165, 1.54) is 0 Å². The van der Waals surface area contributed by atoms with Gasteiger partial charge in [0.05, 0.1) is 5.92 Å². The van der Waals surface area contributed by atoms with Crippen LogP contribution in [0.3, 0.4) is 0 Å². The molecule has 2 amide bonds. The van der Waals surface area contributed by atoms with Crippen molar-refractivity contribution in [3.63, 3.8) is 0 Å². The van der Waals surface area contributed by atoms with Gasteiger partial charge in [-0.3, -0.25) is 9.59 Å². The summed E-state index contributed by atoms with van der Waals surface area (Å²) in [7, 11) is 0. The molecule has 0 aromatic carbocycles. The van der Waals surface area contributed by atoms with Gasteiger partial charge in [0, 0.05) is 25.6 Å². The highest BCUT2D eigenvalue weighted by molar-refractivity contribution is 5.84. The Balaban J connectivity index is 1.88. The predicted molar refractivity (Wildman–Crippen MR) is 60.7 cm³/mol. The number of nitrogens with zero attached hydrogens (tertiary/aromatic N) is 1. The molecule has 1 atom stereocenters. The van der Waals surface area contributed by atoms with E-state index in [0.717, 1.165) is 12.8 Å². The molecule has 1 N–H and O–H groups in total. The largest absolute Gasteiger partial charge is 0.352 e. The third-order valence-corrected chi connectivity index (χ3v) is 3.22. The topological polar surface area (TPSA) is 49.4 Å². The van der Waals surface area contributed by atoms with Crippen LogP contribution in [0.1, 0.15) is 25.7 Å². The average Bonchev–Trinajstić information content (AvgIpc) is 3.10. The van der Waals surface area contributed by atoms with E-state index in [0.29, 0.717) is 32.0 Å². The normalized spacial score (nSPS) is 25.4. The Bertz CT molecular complexity index is 310. The van der Waals surface area contributed by atoms with Crippen LogP contribution >= 0.6 is 0 Å². The van der Waals surface area contributed by atoms with Crippen LogP contribution in [0.2, 0.25) is 0 Å². The third-order valence-electron chi connectivity index (χ3n) is 3.22. The van der Waals surface area contributed by atoms with Gasteiger partial charge >= 0.3 is 0 Å². The van der Waals surface area contributed by atoms with Crippen LogP contribution in [0.15, 0.2) is 12.7 Å². The zero-order valence-electron chi connectivity index (χ0n) is 9.45. The zero-order chi connectivity index (χ0) is 11.5. The van der Waals surface area contributed by atoms with E-state index in [1.807, 2.05) is 4.90 Å². The van der Waals surface area contributed by atoms with Crippen molar-refractivity contribution in [1.29, 1.82) is 0 Å². The summed E-state index contributed by atoms with van der Waals surface area (Å²) in [6, 6.07) is 0.419. The molecule has 0 aromatic heterocycles. The molecular formula is C12H18N2O2. The molecule has 16 heavy (non-hydrogen) atoms. The molecular weight excluding hydrogens is 204 g/mol. The van der Waals surface area contributed by atoms with Gasteiger partial charge in [0.2, 0.25) is 11.8 Å². The van der Waals surface area contributed by atoms with Gasteiger partial charge < -0.3 is 10.2 Å². The molecule has 0 radical (unpaired) electrons. The SMILES string of the molecule is C=CCNC(=O)C1CCC(=O)N(C2CC2)C1. The van der Waals surface area contributed by atoms with Gasteiger partial charge in [-0.25, -0.2) is 0 Å². The third kappa shape index (κ3) is 2.43. The fraction of sp³-hybridized carbons (Fsp3) is 0.667. The molecule has 2 aliphatic rings. The first-order valence-electron chi connectivity index (χ1n) is 5.90. The number of carbonyl (C=O) groups is 2. The maximum Gasteiger partial charge on any atom is 0.225 e. The molecule has 4 heteroatoms. The van der Waals surface area contributed by atoms with Crippen LogP contribution in [0.4, 0.5) is 0 Å². The number of hydrogen-bond donors (Lipinski definition) is 1. The maximum absolute atomic E-state index is 11.8. The fourth-order valence-electron chi connectivity index (χ4n) is 2.14. The highest BCUT2D eigenvalue weighted by Gasteiger charge is 2.38. The maximum atomic E-state index is 11.8. The Hall–Kier alpha value is -1.32. The van der Waals surface area contributed by atoms with E-state index >= 15 is 0 Å². The van der Waals surface area contributed by atoms with Crippen molar-refractivity contribution in [2.24, 2.45) is 5.92 Å². The lowest BCUT2D eigenvalue weighted by Gasteiger charge is -2.31. The number of amides is 2. The Labute approximate surface area is 95.7 Å². The van der Waals surface area contributed by atoms with Gasteiger partial charge in [-0.15, -0.1) is 6.58 Å². The summed E-state index contributed by atoms with van der Waals surface area (Å²) in [5.74, 6) is 0.242. The summed E-state index contributed by atoms with van der Waals surface area (Å²) in [6.07, 6.45) is 5.08. The lowest BCUT2D eigenvalue weighted by atomic mass is 9.96. The van der Waals surface area contributed by atoms with Crippen LogP contribution < -0.4 is 5.32 Å². The van der Waals surface area contributed by atoms with Gasteiger partial charge in [0.25, 0.3) is 0 Å². The van der Waals surface area contributed by atoms with E-state index in [9.17, 15) is 9.59 Å². The van der Waals surface area contributed by atoms with Gasteiger partial charge in [-0.1, -0.05) is 6.08 Å². The summed E-state index contributed by atoms with van der Waals surface area (Å²) < 4.78 is 0. The van der Waals surface area contributed by atoms with Crippen molar-refractivity contribution >= 4 is 11.8 Å². The summed E-state index contributed by atoms with van der Waals surface area (Å²) in [5.41, 5.74) is 0. The first kappa shape index (κ1) is 11.2. The molecule has 1 aliphatic carbocycles. The van der Waals surface area contributed by atoms with E-state index in [-0.39, 0.29) is 17.7 Å². The second kappa shape index (κ2) is 4.68. The van der Waals surface area contributed by atoms with Crippen molar-refractivity contribution in [3.8, 4) is 0 Å². The molecule has 1 aliphatic heterocycles. The molecule has 2 fully saturated rings. The van der Waals surface area contributed by atoms with E-state index < -0.39 is 0 Å². The second-order valence-corrected chi connectivity index (χ2v) is 4.55. The predicted octanol–water partition coefficient (Wildman–Crippen LogP) is 0.690. The van der Waals surface area contributed by atoms with Crippen LogP contribution in [0.5, 0.6) is 0 Å². The first-order chi connectivity index (χ1) is 7.72. The lowest BCUT2D eigenvalue weighted by molar-refractivity contribution is -0.138. The summed E-state index contributed by atoms with van der Waals surface area (Å²) in [4.78, 5) is 25.3. The smallest absolute Gasteiger partial charge is 0.225 e. The van der Waals surface area contributed by atoms with Crippen LogP contribution in [-0.4, -0.2) is 35.8 Å². The molecule has 0 spiro atoms. The number of rotatable bonds is 4. The molecule has 1 saturated carbocycles. The van der Waals surface area contributed by atoms with Crippen molar-refractivity contribution in [3.05, 3.63) is 12.7 Å². The Morgan fingerprint density at radius 1 is 1.50 bits per heavy atom. The van der Waals surface area contributed by atoms with E-state index in [2.05, 4.69) is 11.9 Å². The summed E-state index contributed by atoms with van der Waals surface area (Å²) >= 11 is 0. The Morgan fingerprint density at radius 3 is 2.88 bits per heavy atom. The summed E-state index contributed by atoms with van der Waals surface area (Å²) in [5, 5.41) is 2.80. The van der Waals surface area contributed by atoms with Gasteiger partial charge in [0.1, 0.15) is 0 Å². The Morgan fingerprint density at radius 2 is 2.25 bits per heavy atom. The minimum atomic E-state index is -0.0294. The van der Waals surface area contributed by atoms with Gasteiger partial charge in [-0.05, 0) is 19.3 Å². The lowest BCUT2D eigenvalue weighted by Crippen LogP contribution is -2.46. The van der Waals surface area contributed by atoms with Crippen molar-refractivity contribution in [2.45, 2.75) is 31.7 Å². The highest BCUT2D eigenvalue weighted by atomic mass is 16.2. The zero-order valence-corrected chi connectivity index (χ0v) is 9.45. The van der Waals surface area contributed by atoms with Crippen molar-refractivity contribution in [2.75, 3.05) is 13.1 Å². The number of nitrogens with one attached hydrogen (secondary N) is 1. The quantitative estimate of drug-likeness (QED) is 0.711. The van der Waals surface area contributed by atoms with E-state index in [1.54, 1.807) is 6.08 Å². The molecule has 0 bridgehead atoms. The molecule has 1 unspecified atom stereocenters. The van der Waals surface area contributed by atoms with Crippen LogP contribution in [0.25, 0.3) is 0 Å². The fourth-order valence-corrected chi connectivity index (χ4v) is 2.14. The first-order valence-corrected chi connectivity index (χ1v) is 5.90. The standard InChI is InChI=1S/C12H18N2O2/c1-2-7-13-12(16)9-3-6-11(15)14(8-9)10-4-5-10/h2,9-10H,1,3-8H2,(H,13,16). The van der Waals surface area contributed by atoms with Crippen LogP contribution in [0, 0.1) is 5.92 Å². The summed E-state index contributed by atoms with van der Waals surface area (Å²) in [6.45, 7) is 4.67. The highest BCUT2D eigenvalue weighted by Crippen LogP contribution is 2.31. The van der Waals surface area contributed by atoms with Gasteiger partial charge in [0.15, 0.2) is 0 Å². The monoisotopic (exact) mass is 222 g/mol. The molecule has 4 nitrogen and oxygen atoms in total. The van der Waals surface area contributed by atoms with E-state index in [4.69, 9.17) is 0 Å². The molecule has 1 heterocycles. The Kier molecular flexibility index (Phi) is 3.27. The minimum Gasteiger partial charge on any atom is -0.352 e. The molecule has 1 saturated heterocycles.